The molecule has 13 heteroatoms. The molecule has 0 spiro atoms. The van der Waals surface area contributed by atoms with Crippen molar-refractivity contribution in [2.24, 2.45) is 0 Å². The number of amides is 4. The minimum absolute atomic E-state index is 0.417. The van der Waals surface area contributed by atoms with Gasteiger partial charge in [0, 0.05) is 0 Å². The van der Waals surface area contributed by atoms with Gasteiger partial charge in [0.1, 0.15) is 10.5 Å². The molecule has 1 aliphatic rings. The van der Waals surface area contributed by atoms with E-state index in [9.17, 15) is 35.8 Å². The SMILES string of the molecule is O=C1NC(=O)C(=Cc2ccc(S(=O)(=O)O)cc2S(=O)(=O)O)C(=O)N1. The monoisotopic (exact) mass is 376 g/mol. The Balaban J connectivity index is 2.67. The summed E-state index contributed by atoms with van der Waals surface area (Å²) in [6, 6.07) is 1.01. The number of benzene rings is 1. The van der Waals surface area contributed by atoms with E-state index in [2.05, 4.69) is 0 Å². The summed E-state index contributed by atoms with van der Waals surface area (Å²) in [4.78, 5) is 32.3. The Morgan fingerprint density at radius 1 is 0.875 bits per heavy atom. The summed E-state index contributed by atoms with van der Waals surface area (Å²) in [6.07, 6.45) is 0.730. The Morgan fingerprint density at radius 3 is 1.88 bits per heavy atom. The minimum Gasteiger partial charge on any atom is -0.282 e. The molecule has 1 saturated heterocycles. The third-order valence-electron chi connectivity index (χ3n) is 2.80. The zero-order valence-corrected chi connectivity index (χ0v) is 13.0. The summed E-state index contributed by atoms with van der Waals surface area (Å²) >= 11 is 0. The maximum Gasteiger partial charge on any atom is 0.328 e. The summed E-state index contributed by atoms with van der Waals surface area (Å²) in [5.41, 5.74) is -1.07. The van der Waals surface area contributed by atoms with Gasteiger partial charge in [-0.2, -0.15) is 16.8 Å². The first-order chi connectivity index (χ1) is 10.9. The fraction of sp³-hybridized carbons (Fsp3) is 0. The number of nitrogens with one attached hydrogen (secondary N) is 2. The Hall–Kier alpha value is -2.61. The molecule has 24 heavy (non-hydrogen) atoms. The van der Waals surface area contributed by atoms with E-state index in [1.165, 1.54) is 0 Å². The van der Waals surface area contributed by atoms with E-state index in [4.69, 9.17) is 4.55 Å². The maximum atomic E-state index is 11.6. The smallest absolute Gasteiger partial charge is 0.282 e. The zero-order chi connectivity index (χ0) is 18.3. The largest absolute Gasteiger partial charge is 0.328 e. The van der Waals surface area contributed by atoms with Crippen molar-refractivity contribution >= 4 is 44.2 Å². The van der Waals surface area contributed by atoms with Crippen LogP contribution in [0.1, 0.15) is 5.56 Å². The number of imide groups is 2. The molecular formula is C11H8N2O9S2. The van der Waals surface area contributed by atoms with Crippen molar-refractivity contribution in [2.45, 2.75) is 9.79 Å². The fourth-order valence-electron chi connectivity index (χ4n) is 1.78. The Labute approximate surface area is 134 Å². The summed E-state index contributed by atoms with van der Waals surface area (Å²) in [6.45, 7) is 0. The highest BCUT2D eigenvalue weighted by molar-refractivity contribution is 7.86. The second-order valence-corrected chi connectivity index (χ2v) is 7.26. The average Bonchev–Trinajstić information content (AvgIpc) is 2.40. The molecule has 0 aliphatic carbocycles. The molecule has 1 aromatic rings. The number of urea groups is 1. The molecule has 0 saturated carbocycles. The Morgan fingerprint density at radius 2 is 1.42 bits per heavy atom. The number of hydrogen-bond acceptors (Lipinski definition) is 7. The van der Waals surface area contributed by atoms with E-state index in [-0.39, 0.29) is 0 Å². The second-order valence-electron chi connectivity index (χ2n) is 4.45. The molecular weight excluding hydrogens is 368 g/mol. The lowest BCUT2D eigenvalue weighted by molar-refractivity contribution is -0.123. The second kappa shape index (κ2) is 5.79. The highest BCUT2D eigenvalue weighted by Crippen LogP contribution is 2.23. The standard InChI is InChI=1S/C11H8N2O9S2/c14-9-7(10(15)13-11(16)12-9)3-5-1-2-6(23(17,18)19)4-8(5)24(20,21)22/h1-4H,(H,17,18,19)(H,20,21,22)(H2,12,13,14,15,16). The molecule has 128 valence electrons. The van der Waals surface area contributed by atoms with Crippen LogP contribution in [0.2, 0.25) is 0 Å². The molecule has 1 heterocycles. The molecule has 0 atom stereocenters. The van der Waals surface area contributed by atoms with Crippen LogP contribution in [0.25, 0.3) is 6.08 Å². The van der Waals surface area contributed by atoms with Crippen LogP contribution in [0, 0.1) is 0 Å². The highest BCUT2D eigenvalue weighted by Gasteiger charge is 2.29. The van der Waals surface area contributed by atoms with Gasteiger partial charge in [0.25, 0.3) is 32.1 Å². The number of barbiturate groups is 1. The summed E-state index contributed by atoms with van der Waals surface area (Å²) < 4.78 is 63.0. The molecule has 0 radical (unpaired) electrons. The van der Waals surface area contributed by atoms with Gasteiger partial charge in [-0.25, -0.2) is 4.79 Å². The van der Waals surface area contributed by atoms with Gasteiger partial charge in [-0.15, -0.1) is 0 Å². The van der Waals surface area contributed by atoms with Crippen molar-refractivity contribution < 1.29 is 40.3 Å². The van der Waals surface area contributed by atoms with Gasteiger partial charge in [0.15, 0.2) is 0 Å². The first-order valence-corrected chi connectivity index (χ1v) is 8.75. The quantitative estimate of drug-likeness (QED) is 0.290. The zero-order valence-electron chi connectivity index (χ0n) is 11.4. The molecule has 0 aromatic heterocycles. The minimum atomic E-state index is -4.96. The van der Waals surface area contributed by atoms with Gasteiger partial charge in [-0.3, -0.25) is 29.3 Å². The molecule has 11 nitrogen and oxygen atoms in total. The number of carbonyl (C=O) groups excluding carboxylic acids is 3. The lowest BCUT2D eigenvalue weighted by atomic mass is 10.1. The van der Waals surface area contributed by atoms with Crippen LogP contribution in [0.5, 0.6) is 0 Å². The normalized spacial score (nSPS) is 15.8. The topological polar surface area (TPSA) is 184 Å². The third-order valence-corrected chi connectivity index (χ3v) is 4.56. The number of carbonyl (C=O) groups is 3. The number of rotatable bonds is 3. The van der Waals surface area contributed by atoms with Crippen molar-refractivity contribution in [1.82, 2.24) is 10.6 Å². The van der Waals surface area contributed by atoms with Gasteiger partial charge >= 0.3 is 6.03 Å². The van der Waals surface area contributed by atoms with Crippen molar-refractivity contribution in [2.75, 3.05) is 0 Å². The van der Waals surface area contributed by atoms with Gasteiger partial charge in [0.2, 0.25) is 0 Å². The lowest BCUT2D eigenvalue weighted by Crippen LogP contribution is -2.51. The van der Waals surface area contributed by atoms with E-state index in [0.717, 1.165) is 18.2 Å². The molecule has 4 N–H and O–H groups in total. The Bertz CT molecular complexity index is 984. The van der Waals surface area contributed by atoms with Crippen LogP contribution in [0.3, 0.4) is 0 Å². The summed E-state index contributed by atoms with van der Waals surface area (Å²) in [5.74, 6) is -2.24. The molecule has 4 amide bonds. The third kappa shape index (κ3) is 3.65. The maximum absolute atomic E-state index is 11.6. The number of hydrogen-bond donors (Lipinski definition) is 4. The van der Waals surface area contributed by atoms with Gasteiger partial charge in [-0.05, 0) is 23.8 Å². The van der Waals surface area contributed by atoms with Gasteiger partial charge in [-0.1, -0.05) is 6.07 Å². The molecule has 0 bridgehead atoms. The summed E-state index contributed by atoms with van der Waals surface area (Å²) in [5, 5.41) is 3.50. The first kappa shape index (κ1) is 17.7. The van der Waals surface area contributed by atoms with Crippen molar-refractivity contribution in [3.63, 3.8) is 0 Å². The average molecular weight is 376 g/mol. The molecule has 0 unspecified atom stereocenters. The van der Waals surface area contributed by atoms with E-state index in [1.54, 1.807) is 10.6 Å². The van der Waals surface area contributed by atoms with Crippen molar-refractivity contribution in [1.29, 1.82) is 0 Å². The predicted molar refractivity (Wildman–Crippen MR) is 75.7 cm³/mol. The van der Waals surface area contributed by atoms with Gasteiger partial charge in [0.05, 0.1) is 4.90 Å². The van der Waals surface area contributed by atoms with Crippen LogP contribution >= 0.6 is 0 Å². The van der Waals surface area contributed by atoms with Crippen molar-refractivity contribution in [3.05, 3.63) is 29.3 Å². The molecule has 1 aliphatic heterocycles. The molecule has 1 aromatic carbocycles. The van der Waals surface area contributed by atoms with E-state index < -0.39 is 59.0 Å². The van der Waals surface area contributed by atoms with Crippen LogP contribution in [0.4, 0.5) is 4.79 Å². The van der Waals surface area contributed by atoms with E-state index in [0.29, 0.717) is 6.07 Å². The molecule has 1 fully saturated rings. The van der Waals surface area contributed by atoms with E-state index in [1.807, 2.05) is 0 Å². The molecule has 2 rings (SSSR count). The predicted octanol–water partition coefficient (Wildman–Crippen LogP) is -1.07. The first-order valence-electron chi connectivity index (χ1n) is 5.87. The van der Waals surface area contributed by atoms with Crippen LogP contribution < -0.4 is 10.6 Å². The highest BCUT2D eigenvalue weighted by atomic mass is 32.2. The van der Waals surface area contributed by atoms with Crippen LogP contribution in [-0.2, 0) is 29.8 Å². The Kier molecular flexibility index (Phi) is 4.28. The lowest BCUT2D eigenvalue weighted by Gasteiger charge is -2.14. The van der Waals surface area contributed by atoms with Crippen molar-refractivity contribution in [3.8, 4) is 0 Å². The van der Waals surface area contributed by atoms with Crippen LogP contribution in [-0.4, -0.2) is 43.8 Å². The van der Waals surface area contributed by atoms with E-state index >= 15 is 0 Å². The summed E-state index contributed by atoms with van der Waals surface area (Å²) in [7, 11) is -9.73. The van der Waals surface area contributed by atoms with Crippen LogP contribution in [0.15, 0.2) is 33.6 Å². The fourth-order valence-corrected chi connectivity index (χ4v) is 3.06. The van der Waals surface area contributed by atoms with Gasteiger partial charge < -0.3 is 0 Å².